The second-order valence-corrected chi connectivity index (χ2v) is 11.0. The quantitative estimate of drug-likeness (QED) is 0.453. The topological polar surface area (TPSA) is 85.0 Å². The number of anilines is 1. The third-order valence-corrected chi connectivity index (χ3v) is 8.01. The number of fused-ring (bicyclic) bond motifs is 1. The highest BCUT2D eigenvalue weighted by molar-refractivity contribution is 6.31. The molecule has 2 aliphatic carbocycles. The summed E-state index contributed by atoms with van der Waals surface area (Å²) in [5.41, 5.74) is 1.17. The molecule has 186 valence electrons. The smallest absolute Gasteiger partial charge is 0.274 e. The summed E-state index contributed by atoms with van der Waals surface area (Å²) in [5.74, 6) is -0.168. The van der Waals surface area contributed by atoms with Crippen LogP contribution in [0.25, 0.3) is 0 Å². The number of imidazole rings is 1. The highest BCUT2D eigenvalue weighted by Gasteiger charge is 2.52. The lowest BCUT2D eigenvalue weighted by molar-refractivity contribution is 0.0294. The van der Waals surface area contributed by atoms with Crippen molar-refractivity contribution in [3.05, 3.63) is 63.7 Å². The number of amides is 1. The van der Waals surface area contributed by atoms with Gasteiger partial charge in [0.2, 0.25) is 0 Å². The molecular formula is C25H28Cl2FN5O2. The van der Waals surface area contributed by atoms with E-state index in [9.17, 15) is 14.3 Å². The minimum absolute atomic E-state index is 0.0533. The van der Waals surface area contributed by atoms with Gasteiger partial charge in [-0.25, -0.2) is 9.37 Å². The Hall–Kier alpha value is -2.42. The molecule has 0 spiro atoms. The second-order valence-electron chi connectivity index (χ2n) is 10.2. The molecule has 2 aromatic heterocycles. The van der Waals surface area contributed by atoms with Crippen molar-refractivity contribution in [3.8, 4) is 0 Å². The zero-order valence-corrected chi connectivity index (χ0v) is 21.3. The highest BCUT2D eigenvalue weighted by Crippen LogP contribution is 2.57. The molecule has 0 saturated heterocycles. The van der Waals surface area contributed by atoms with Crippen molar-refractivity contribution in [2.45, 2.75) is 57.1 Å². The van der Waals surface area contributed by atoms with Gasteiger partial charge in [0.1, 0.15) is 22.8 Å². The molecule has 2 aliphatic rings. The van der Waals surface area contributed by atoms with Crippen molar-refractivity contribution >= 4 is 34.8 Å². The number of rotatable bonds is 5. The largest absolute Gasteiger partial charge is 0.383 e. The van der Waals surface area contributed by atoms with E-state index in [2.05, 4.69) is 15.4 Å². The van der Waals surface area contributed by atoms with Crippen molar-refractivity contribution < 1.29 is 14.3 Å². The fourth-order valence-corrected chi connectivity index (χ4v) is 6.31. The first-order valence-corrected chi connectivity index (χ1v) is 12.6. The fraction of sp³-hybridized carbons (Fsp3) is 0.480. The summed E-state index contributed by atoms with van der Waals surface area (Å²) in [6, 6.07) is 4.24. The van der Waals surface area contributed by atoms with Crippen LogP contribution in [0.5, 0.6) is 0 Å². The number of hydrogen-bond donors (Lipinski definition) is 2. The molecule has 35 heavy (non-hydrogen) atoms. The van der Waals surface area contributed by atoms with Crippen molar-refractivity contribution in [2.24, 2.45) is 18.9 Å². The molecule has 0 radical (unpaired) electrons. The van der Waals surface area contributed by atoms with Gasteiger partial charge in [-0.05, 0) is 69.6 Å². The number of benzene rings is 1. The first-order chi connectivity index (χ1) is 16.6. The summed E-state index contributed by atoms with van der Waals surface area (Å²) >= 11 is 12.3. The van der Waals surface area contributed by atoms with Crippen LogP contribution >= 0.6 is 23.2 Å². The van der Waals surface area contributed by atoms with E-state index in [1.807, 2.05) is 13.8 Å². The number of aromatic nitrogens is 4. The van der Waals surface area contributed by atoms with E-state index >= 15 is 0 Å². The molecule has 1 amide bonds. The predicted octanol–water partition coefficient (Wildman–Crippen LogP) is 5.69. The number of carbonyl (C=O) groups excluding carboxylic acids is 1. The molecule has 0 aliphatic heterocycles. The lowest BCUT2D eigenvalue weighted by atomic mass is 9.90. The van der Waals surface area contributed by atoms with Crippen molar-refractivity contribution in [2.75, 3.05) is 5.32 Å². The molecule has 5 rings (SSSR count). The van der Waals surface area contributed by atoms with Gasteiger partial charge in [0, 0.05) is 30.9 Å². The second kappa shape index (κ2) is 8.91. The summed E-state index contributed by atoms with van der Waals surface area (Å²) < 4.78 is 17.0. The van der Waals surface area contributed by atoms with Gasteiger partial charge in [-0.15, -0.1) is 0 Å². The Labute approximate surface area is 213 Å². The molecule has 0 bridgehead atoms. The molecule has 3 aromatic rings. The maximum atomic E-state index is 13.5. The lowest BCUT2D eigenvalue weighted by Gasteiger charge is -2.23. The zero-order valence-electron chi connectivity index (χ0n) is 19.8. The van der Waals surface area contributed by atoms with Gasteiger partial charge in [-0.2, -0.15) is 5.10 Å². The molecule has 2 heterocycles. The van der Waals surface area contributed by atoms with E-state index in [-0.39, 0.29) is 22.9 Å². The third-order valence-electron chi connectivity index (χ3n) is 7.44. The number of nitrogens with zero attached hydrogens (tertiary/aromatic N) is 4. The van der Waals surface area contributed by atoms with Crippen LogP contribution in [-0.4, -0.2) is 30.3 Å². The number of carbonyl (C=O) groups is 1. The van der Waals surface area contributed by atoms with Gasteiger partial charge < -0.3 is 15.0 Å². The van der Waals surface area contributed by atoms with Crippen LogP contribution in [0.2, 0.25) is 10.0 Å². The fourth-order valence-electron chi connectivity index (χ4n) is 5.82. The van der Waals surface area contributed by atoms with Gasteiger partial charge in [-0.3, -0.25) is 9.48 Å². The average molecular weight is 520 g/mol. The average Bonchev–Trinajstić information content (AvgIpc) is 3.52. The maximum absolute atomic E-state index is 13.5. The number of nitrogens with one attached hydrogen (secondary N) is 1. The zero-order chi connectivity index (χ0) is 25.1. The summed E-state index contributed by atoms with van der Waals surface area (Å²) in [7, 11) is 1.78. The Morgan fingerprint density at radius 1 is 1.23 bits per heavy atom. The van der Waals surface area contributed by atoms with Crippen molar-refractivity contribution in [3.63, 3.8) is 0 Å². The van der Waals surface area contributed by atoms with Crippen molar-refractivity contribution in [1.29, 1.82) is 0 Å². The number of halogens is 3. The molecule has 10 heteroatoms. The summed E-state index contributed by atoms with van der Waals surface area (Å²) in [4.78, 5) is 17.7. The normalized spacial score (nSPS) is 25.9. The summed E-state index contributed by atoms with van der Waals surface area (Å²) in [6.45, 7) is 4.05. The van der Waals surface area contributed by atoms with Gasteiger partial charge in [0.25, 0.3) is 5.91 Å². The van der Waals surface area contributed by atoms with E-state index < -0.39 is 11.4 Å². The van der Waals surface area contributed by atoms with Crippen LogP contribution in [0, 0.1) is 17.7 Å². The Morgan fingerprint density at radius 2 is 1.91 bits per heavy atom. The van der Waals surface area contributed by atoms with Crippen LogP contribution in [0.15, 0.2) is 30.7 Å². The molecule has 1 aromatic carbocycles. The molecule has 7 nitrogen and oxygen atoms in total. The third kappa shape index (κ3) is 4.36. The lowest BCUT2D eigenvalue weighted by Crippen LogP contribution is -2.25. The molecule has 2 saturated carbocycles. The Bertz CT molecular complexity index is 1270. The highest BCUT2D eigenvalue weighted by atomic mass is 35.5. The molecular weight excluding hydrogens is 492 g/mol. The number of aryl methyl sites for hydroxylation is 1. The van der Waals surface area contributed by atoms with E-state index in [0.717, 1.165) is 18.5 Å². The van der Waals surface area contributed by atoms with E-state index in [1.54, 1.807) is 28.8 Å². The molecule has 2 atom stereocenters. The van der Waals surface area contributed by atoms with Gasteiger partial charge in [0.05, 0.1) is 22.1 Å². The first kappa shape index (κ1) is 24.3. The van der Waals surface area contributed by atoms with Crippen LogP contribution in [0.3, 0.4) is 0 Å². The molecule has 2 unspecified atom stereocenters. The predicted molar refractivity (Wildman–Crippen MR) is 132 cm³/mol. The molecule has 2 fully saturated rings. The van der Waals surface area contributed by atoms with Gasteiger partial charge >= 0.3 is 0 Å². The number of hydrogen-bond acceptors (Lipinski definition) is 4. The molecule has 2 N–H and O–H groups in total. The van der Waals surface area contributed by atoms with Gasteiger partial charge in [0.15, 0.2) is 0 Å². The van der Waals surface area contributed by atoms with Gasteiger partial charge in [-0.1, -0.05) is 23.2 Å². The maximum Gasteiger partial charge on any atom is 0.274 e. The monoisotopic (exact) mass is 519 g/mol. The van der Waals surface area contributed by atoms with Crippen LogP contribution in [0.4, 0.5) is 10.1 Å². The Balaban J connectivity index is 1.32. The minimum atomic E-state index is -1.04. The van der Waals surface area contributed by atoms with E-state index in [1.165, 1.54) is 18.2 Å². The summed E-state index contributed by atoms with van der Waals surface area (Å²) in [5, 5.41) is 19.3. The SMILES string of the molecule is CC(C)n1cc(Cl)c(C2(O)CC3CC(c4ncn(C)c4C(=O)Nc4ccc(F)c(Cl)c4)CC3C2)n1. The minimum Gasteiger partial charge on any atom is -0.383 e. The standard InChI is InChI=1S/C25H28Cl2FN5O2/c1-13(2)33-11-19(27)23(31-33)25(35)9-15-6-14(7-16(15)10-25)21-22(32(3)12-29-21)24(34)30-17-4-5-20(28)18(26)8-17/h4-5,8,11-16,35H,6-7,9-10H2,1-3H3,(H,30,34). The first-order valence-electron chi connectivity index (χ1n) is 11.8. The summed E-state index contributed by atoms with van der Waals surface area (Å²) in [6.07, 6.45) is 6.26. The van der Waals surface area contributed by atoms with Crippen LogP contribution in [-0.2, 0) is 12.6 Å². The van der Waals surface area contributed by atoms with Crippen molar-refractivity contribution in [1.82, 2.24) is 19.3 Å². The van der Waals surface area contributed by atoms with E-state index in [4.69, 9.17) is 23.2 Å². The van der Waals surface area contributed by atoms with E-state index in [0.29, 0.717) is 46.8 Å². The van der Waals surface area contributed by atoms with Crippen LogP contribution in [0.1, 0.15) is 73.4 Å². The Kier molecular flexibility index (Phi) is 6.18. The van der Waals surface area contributed by atoms with Crippen LogP contribution < -0.4 is 5.32 Å². The number of aliphatic hydroxyl groups is 1. The Morgan fingerprint density at radius 3 is 2.51 bits per heavy atom.